The molecule has 1 fully saturated rings. The van der Waals surface area contributed by atoms with E-state index in [-0.39, 0.29) is 46.5 Å². The standard InChI is InChI=1S/C37H62O5Si/c1-21-15-16-30-26(6)34(42-43(13,14)37(9,10)11)28(8)35(41-30)31-29(32(38)27(7)36(40-12)33(31)39)20-25(5)24(4)19-23(3)18-22(2)17-21/h17,21,23-24,26,28,30,34-35,38-39H,5,15-16,18-20H2,1-4,6-14H3/b22-17+/t21-,23+,24-,26-,28+,30+,34-,35+/m0/s1. The van der Waals surface area contributed by atoms with Gasteiger partial charge in [0.15, 0.2) is 19.8 Å². The van der Waals surface area contributed by atoms with Crippen LogP contribution in [0.25, 0.3) is 0 Å². The highest BCUT2D eigenvalue weighted by atomic mass is 28.4. The van der Waals surface area contributed by atoms with Crippen molar-refractivity contribution in [1.29, 1.82) is 0 Å². The van der Waals surface area contributed by atoms with E-state index in [0.29, 0.717) is 40.7 Å². The van der Waals surface area contributed by atoms with Gasteiger partial charge < -0.3 is 24.1 Å². The van der Waals surface area contributed by atoms with Crippen molar-refractivity contribution >= 4 is 8.32 Å². The van der Waals surface area contributed by atoms with E-state index in [9.17, 15) is 10.2 Å². The Morgan fingerprint density at radius 3 is 2.19 bits per heavy atom. The summed E-state index contributed by atoms with van der Waals surface area (Å²) in [6.07, 6.45) is 6.36. The van der Waals surface area contributed by atoms with Crippen LogP contribution in [0.1, 0.15) is 111 Å². The molecule has 2 heterocycles. The molecule has 1 aromatic carbocycles. The van der Waals surface area contributed by atoms with Crippen molar-refractivity contribution in [1.82, 2.24) is 0 Å². The monoisotopic (exact) mass is 614 g/mol. The topological polar surface area (TPSA) is 68.2 Å². The third kappa shape index (κ3) is 7.73. The molecule has 2 aliphatic heterocycles. The number of rotatable bonds is 3. The highest BCUT2D eigenvalue weighted by Gasteiger charge is 2.49. The van der Waals surface area contributed by atoms with Crippen LogP contribution in [0.4, 0.5) is 0 Å². The Hall–Kier alpha value is -1.76. The third-order valence-electron chi connectivity index (χ3n) is 10.9. The Bertz CT molecular complexity index is 1180. The molecule has 0 aromatic heterocycles. The molecule has 0 aliphatic carbocycles. The van der Waals surface area contributed by atoms with Gasteiger partial charge in [0.1, 0.15) is 5.75 Å². The molecule has 0 saturated carbocycles. The number of hydrogen-bond acceptors (Lipinski definition) is 5. The Morgan fingerprint density at radius 1 is 0.977 bits per heavy atom. The maximum Gasteiger partial charge on any atom is 0.192 e. The first-order valence-corrected chi connectivity index (χ1v) is 19.5. The van der Waals surface area contributed by atoms with Gasteiger partial charge in [-0.15, -0.1) is 0 Å². The van der Waals surface area contributed by atoms with Gasteiger partial charge in [-0.25, -0.2) is 0 Å². The summed E-state index contributed by atoms with van der Waals surface area (Å²) in [6, 6.07) is 0. The fraction of sp³-hybridized carbons (Fsp3) is 0.730. The van der Waals surface area contributed by atoms with Gasteiger partial charge in [-0.3, -0.25) is 0 Å². The summed E-state index contributed by atoms with van der Waals surface area (Å²) in [5.41, 5.74) is 4.37. The first kappa shape index (κ1) is 35.7. The summed E-state index contributed by atoms with van der Waals surface area (Å²) in [6.45, 7) is 31.4. The van der Waals surface area contributed by atoms with Gasteiger partial charge in [0, 0.05) is 28.5 Å². The predicted molar refractivity (Wildman–Crippen MR) is 182 cm³/mol. The summed E-state index contributed by atoms with van der Waals surface area (Å²) >= 11 is 0. The third-order valence-corrected chi connectivity index (χ3v) is 15.4. The minimum Gasteiger partial charge on any atom is -0.507 e. The fourth-order valence-corrected chi connectivity index (χ4v) is 8.66. The lowest BCUT2D eigenvalue weighted by molar-refractivity contribution is -0.165. The van der Waals surface area contributed by atoms with Crippen LogP contribution in [0, 0.1) is 36.5 Å². The number of hydrogen-bond donors (Lipinski definition) is 2. The van der Waals surface area contributed by atoms with E-state index in [1.54, 1.807) is 14.0 Å². The molecule has 5 nitrogen and oxygen atoms in total. The minimum absolute atomic E-state index is 0.0530. The zero-order chi connectivity index (χ0) is 32.6. The first-order chi connectivity index (χ1) is 19.8. The molecule has 3 rings (SSSR count). The van der Waals surface area contributed by atoms with Crippen molar-refractivity contribution in [2.75, 3.05) is 7.11 Å². The summed E-state index contributed by atoms with van der Waals surface area (Å²) in [7, 11) is -0.584. The van der Waals surface area contributed by atoms with Crippen molar-refractivity contribution < 1.29 is 24.1 Å². The fourth-order valence-electron chi connectivity index (χ4n) is 7.20. The molecule has 43 heavy (non-hydrogen) atoms. The lowest BCUT2D eigenvalue weighted by atomic mass is 9.76. The van der Waals surface area contributed by atoms with Gasteiger partial charge in [-0.05, 0) is 81.8 Å². The SMILES string of the molecule is C=C1Cc2c(O)c(C)c(OC)c(O)c2[C@@H]2O[C@H](CC[C@H](C)/C=C(\C)C[C@@H](C)C[C@@H]1C)[C@H](C)[C@H](O[Si](C)(C)C(C)(C)C)[C@H]2C. The Kier molecular flexibility index (Phi) is 11.4. The van der Waals surface area contributed by atoms with Gasteiger partial charge in [0.25, 0.3) is 0 Å². The van der Waals surface area contributed by atoms with E-state index in [2.05, 4.69) is 88.1 Å². The molecular weight excluding hydrogens is 552 g/mol. The van der Waals surface area contributed by atoms with E-state index >= 15 is 0 Å². The van der Waals surface area contributed by atoms with Gasteiger partial charge in [-0.2, -0.15) is 0 Å². The number of methoxy groups -OCH3 is 1. The average Bonchev–Trinajstić information content (AvgIpc) is 2.88. The predicted octanol–water partition coefficient (Wildman–Crippen LogP) is 10.0. The van der Waals surface area contributed by atoms with Crippen LogP contribution in [-0.2, 0) is 15.6 Å². The number of fused-ring (bicyclic) bond motifs is 4. The number of aromatic hydroxyl groups is 2. The summed E-state index contributed by atoms with van der Waals surface area (Å²) < 4.78 is 20.0. The van der Waals surface area contributed by atoms with Crippen molar-refractivity contribution in [2.45, 2.75) is 138 Å². The molecular formula is C37H62O5Si. The van der Waals surface area contributed by atoms with Gasteiger partial charge in [0.2, 0.25) is 0 Å². The number of ether oxygens (including phenoxy) is 2. The van der Waals surface area contributed by atoms with E-state index < -0.39 is 14.4 Å². The van der Waals surface area contributed by atoms with E-state index in [0.717, 1.165) is 31.3 Å². The molecule has 244 valence electrons. The maximum absolute atomic E-state index is 11.9. The lowest BCUT2D eigenvalue weighted by Gasteiger charge is -2.50. The largest absolute Gasteiger partial charge is 0.507 e. The Morgan fingerprint density at radius 2 is 1.60 bits per heavy atom. The van der Waals surface area contributed by atoms with Crippen LogP contribution in [0.15, 0.2) is 23.8 Å². The zero-order valence-corrected chi connectivity index (χ0v) is 30.6. The normalized spacial score (nSPS) is 33.0. The molecule has 0 amide bonds. The second kappa shape index (κ2) is 13.7. The first-order valence-electron chi connectivity index (χ1n) is 16.6. The van der Waals surface area contributed by atoms with E-state index in [1.807, 2.05) is 0 Å². The second-order valence-electron chi connectivity index (χ2n) is 15.8. The molecule has 1 aromatic rings. The van der Waals surface area contributed by atoms with Crippen LogP contribution in [-0.4, -0.2) is 37.8 Å². The average molecular weight is 615 g/mol. The Labute approximate surface area is 264 Å². The lowest BCUT2D eigenvalue weighted by Crippen LogP contribution is -2.53. The number of allylic oxidation sites excluding steroid dienone is 3. The van der Waals surface area contributed by atoms with Gasteiger partial charge in [0.05, 0.1) is 25.4 Å². The van der Waals surface area contributed by atoms with Crippen molar-refractivity contribution in [2.24, 2.45) is 29.6 Å². The van der Waals surface area contributed by atoms with Crippen LogP contribution < -0.4 is 4.74 Å². The molecule has 0 spiro atoms. The summed E-state index contributed by atoms with van der Waals surface area (Å²) in [4.78, 5) is 0. The molecule has 2 bridgehead atoms. The maximum atomic E-state index is 11.9. The molecule has 1 saturated heterocycles. The van der Waals surface area contributed by atoms with Gasteiger partial charge >= 0.3 is 0 Å². The second-order valence-corrected chi connectivity index (χ2v) is 20.5. The Balaban J connectivity index is 2.25. The highest BCUT2D eigenvalue weighted by Crippen LogP contribution is 2.53. The summed E-state index contributed by atoms with van der Waals surface area (Å²) in [5, 5.41) is 23.6. The van der Waals surface area contributed by atoms with Crippen LogP contribution in [0.2, 0.25) is 18.1 Å². The molecule has 2 aliphatic rings. The van der Waals surface area contributed by atoms with Crippen molar-refractivity contribution in [3.8, 4) is 17.2 Å². The summed E-state index contributed by atoms with van der Waals surface area (Å²) in [5.74, 6) is 1.88. The molecule has 0 radical (unpaired) electrons. The van der Waals surface area contributed by atoms with Crippen molar-refractivity contribution in [3.63, 3.8) is 0 Å². The minimum atomic E-state index is -2.13. The number of phenols is 2. The molecule has 6 heteroatoms. The van der Waals surface area contributed by atoms with Crippen LogP contribution in [0.5, 0.6) is 17.2 Å². The highest BCUT2D eigenvalue weighted by molar-refractivity contribution is 6.74. The van der Waals surface area contributed by atoms with Crippen LogP contribution in [0.3, 0.4) is 0 Å². The van der Waals surface area contributed by atoms with E-state index in [1.165, 1.54) is 5.57 Å². The number of phenolic OH excluding ortho intramolecular Hbond substituents is 2. The van der Waals surface area contributed by atoms with Gasteiger partial charge in [-0.1, -0.05) is 79.2 Å². The molecule has 2 N–H and O–H groups in total. The quantitative estimate of drug-likeness (QED) is 0.201. The number of benzene rings is 1. The zero-order valence-electron chi connectivity index (χ0n) is 29.6. The molecule has 0 unspecified atom stereocenters. The molecule has 8 atom stereocenters. The van der Waals surface area contributed by atoms with Crippen LogP contribution >= 0.6 is 0 Å². The van der Waals surface area contributed by atoms with Crippen molar-refractivity contribution in [3.05, 3.63) is 40.5 Å². The van der Waals surface area contributed by atoms with E-state index in [4.69, 9.17) is 13.9 Å². The smallest absolute Gasteiger partial charge is 0.192 e.